The van der Waals surface area contributed by atoms with E-state index in [2.05, 4.69) is 10.3 Å². The number of methoxy groups -OCH3 is 1. The largest absolute Gasteiger partial charge is 0.481 e. The van der Waals surface area contributed by atoms with Crippen molar-refractivity contribution in [2.45, 2.75) is 13.0 Å². The summed E-state index contributed by atoms with van der Waals surface area (Å²) in [6, 6.07) is 5.55. The van der Waals surface area contributed by atoms with Crippen molar-refractivity contribution in [3.63, 3.8) is 0 Å². The Bertz CT molecular complexity index is 328. The first-order valence-electron chi connectivity index (χ1n) is 4.71. The lowest BCUT2D eigenvalue weighted by Gasteiger charge is -2.04. The molecule has 15 heavy (non-hydrogen) atoms. The van der Waals surface area contributed by atoms with E-state index in [1.165, 1.54) is 0 Å². The number of amides is 1. The van der Waals surface area contributed by atoms with Crippen molar-refractivity contribution in [1.82, 2.24) is 10.3 Å². The number of nitrogens with two attached hydrogens (primary N) is 1. The van der Waals surface area contributed by atoms with Crippen LogP contribution in [0.5, 0.6) is 5.88 Å². The molecule has 0 saturated heterocycles. The van der Waals surface area contributed by atoms with Gasteiger partial charge in [-0.15, -0.1) is 0 Å². The summed E-state index contributed by atoms with van der Waals surface area (Å²) in [6.45, 7) is 1.17. The van der Waals surface area contributed by atoms with Crippen molar-refractivity contribution in [1.29, 1.82) is 0 Å². The van der Waals surface area contributed by atoms with Gasteiger partial charge in [0, 0.05) is 25.6 Å². The van der Waals surface area contributed by atoms with Crippen LogP contribution >= 0.6 is 0 Å². The van der Waals surface area contributed by atoms with Gasteiger partial charge < -0.3 is 15.8 Å². The number of rotatable bonds is 6. The minimum atomic E-state index is -0.305. The summed E-state index contributed by atoms with van der Waals surface area (Å²) in [4.78, 5) is 14.7. The van der Waals surface area contributed by atoms with Crippen LogP contribution in [0.15, 0.2) is 18.2 Å². The third-order valence-corrected chi connectivity index (χ3v) is 1.84. The minimum absolute atomic E-state index is 0.305. The first kappa shape index (κ1) is 11.5. The summed E-state index contributed by atoms with van der Waals surface area (Å²) in [5.41, 5.74) is 5.88. The van der Waals surface area contributed by atoms with Crippen LogP contribution in [0.4, 0.5) is 0 Å². The Hall–Kier alpha value is -1.62. The van der Waals surface area contributed by atoms with E-state index in [1.807, 2.05) is 12.1 Å². The highest BCUT2D eigenvalue weighted by Gasteiger charge is 1.98. The SMILES string of the molecule is COc1cccc(CNCCC(N)=O)n1. The molecule has 1 heterocycles. The van der Waals surface area contributed by atoms with Gasteiger partial charge in [-0.05, 0) is 6.07 Å². The molecule has 0 bridgehead atoms. The number of primary amides is 1. The first-order valence-corrected chi connectivity index (χ1v) is 4.71. The van der Waals surface area contributed by atoms with Crippen molar-refractivity contribution < 1.29 is 9.53 Å². The average molecular weight is 209 g/mol. The van der Waals surface area contributed by atoms with Crippen molar-refractivity contribution in [2.75, 3.05) is 13.7 Å². The van der Waals surface area contributed by atoms with E-state index in [4.69, 9.17) is 10.5 Å². The lowest BCUT2D eigenvalue weighted by Crippen LogP contribution is -2.22. The Labute approximate surface area is 88.6 Å². The fraction of sp³-hybridized carbons (Fsp3) is 0.400. The van der Waals surface area contributed by atoms with Crippen LogP contribution in [-0.2, 0) is 11.3 Å². The van der Waals surface area contributed by atoms with Gasteiger partial charge in [0.15, 0.2) is 0 Å². The van der Waals surface area contributed by atoms with E-state index in [9.17, 15) is 4.79 Å². The Morgan fingerprint density at radius 1 is 1.60 bits per heavy atom. The van der Waals surface area contributed by atoms with Crippen molar-refractivity contribution in [2.24, 2.45) is 5.73 Å². The number of nitrogens with zero attached hydrogens (tertiary/aromatic N) is 1. The van der Waals surface area contributed by atoms with Gasteiger partial charge in [-0.2, -0.15) is 0 Å². The van der Waals surface area contributed by atoms with Gasteiger partial charge in [-0.1, -0.05) is 6.07 Å². The predicted molar refractivity (Wildman–Crippen MR) is 56.3 cm³/mol. The number of carbonyl (C=O) groups excluding carboxylic acids is 1. The van der Waals surface area contributed by atoms with Gasteiger partial charge in [0.1, 0.15) is 0 Å². The van der Waals surface area contributed by atoms with Gasteiger partial charge in [-0.3, -0.25) is 4.79 Å². The lowest BCUT2D eigenvalue weighted by atomic mass is 10.3. The molecule has 0 fully saturated rings. The quantitative estimate of drug-likeness (QED) is 0.649. The highest BCUT2D eigenvalue weighted by molar-refractivity contribution is 5.73. The van der Waals surface area contributed by atoms with Crippen molar-refractivity contribution in [3.05, 3.63) is 23.9 Å². The Balaban J connectivity index is 2.33. The number of aromatic nitrogens is 1. The van der Waals surface area contributed by atoms with E-state index in [0.29, 0.717) is 25.4 Å². The van der Waals surface area contributed by atoms with E-state index in [0.717, 1.165) is 5.69 Å². The summed E-state index contributed by atoms with van der Waals surface area (Å²) in [5.74, 6) is 0.283. The fourth-order valence-electron chi connectivity index (χ4n) is 1.10. The van der Waals surface area contributed by atoms with Crippen LogP contribution in [0.25, 0.3) is 0 Å². The molecule has 5 heteroatoms. The van der Waals surface area contributed by atoms with Gasteiger partial charge in [-0.25, -0.2) is 4.98 Å². The predicted octanol–water partition coefficient (Wildman–Crippen LogP) is 0.0552. The maximum absolute atomic E-state index is 10.5. The number of hydrogen-bond donors (Lipinski definition) is 2. The molecule has 0 atom stereocenters. The maximum Gasteiger partial charge on any atom is 0.218 e. The second-order valence-electron chi connectivity index (χ2n) is 3.06. The Morgan fingerprint density at radius 3 is 3.07 bits per heavy atom. The standard InChI is InChI=1S/C10H15N3O2/c1-15-10-4-2-3-8(13-10)7-12-6-5-9(11)14/h2-4,12H,5-7H2,1H3,(H2,11,14). The third-order valence-electron chi connectivity index (χ3n) is 1.84. The van der Waals surface area contributed by atoms with Gasteiger partial charge in [0.05, 0.1) is 12.8 Å². The summed E-state index contributed by atoms with van der Waals surface area (Å²) >= 11 is 0. The molecule has 0 unspecified atom stereocenters. The molecule has 3 N–H and O–H groups in total. The van der Waals surface area contributed by atoms with Crippen molar-refractivity contribution in [3.8, 4) is 5.88 Å². The highest BCUT2D eigenvalue weighted by atomic mass is 16.5. The maximum atomic E-state index is 10.5. The van der Waals surface area contributed by atoms with Crippen LogP contribution < -0.4 is 15.8 Å². The molecule has 0 radical (unpaired) electrons. The van der Waals surface area contributed by atoms with Crippen LogP contribution in [0.1, 0.15) is 12.1 Å². The molecule has 5 nitrogen and oxygen atoms in total. The number of pyridine rings is 1. The van der Waals surface area contributed by atoms with Crippen LogP contribution in [0.3, 0.4) is 0 Å². The minimum Gasteiger partial charge on any atom is -0.481 e. The van der Waals surface area contributed by atoms with Crippen LogP contribution in [0.2, 0.25) is 0 Å². The van der Waals surface area contributed by atoms with E-state index in [1.54, 1.807) is 13.2 Å². The normalized spacial score (nSPS) is 9.93. The Kier molecular flexibility index (Phi) is 4.56. The topological polar surface area (TPSA) is 77.2 Å². The van der Waals surface area contributed by atoms with Gasteiger partial charge >= 0.3 is 0 Å². The van der Waals surface area contributed by atoms with Crippen LogP contribution in [0, 0.1) is 0 Å². The zero-order valence-corrected chi connectivity index (χ0v) is 8.69. The molecule has 0 spiro atoms. The first-order chi connectivity index (χ1) is 7.22. The molecule has 1 aromatic rings. The third kappa shape index (κ3) is 4.42. The number of hydrogen-bond acceptors (Lipinski definition) is 4. The number of carbonyl (C=O) groups is 1. The molecule has 1 rings (SSSR count). The highest BCUT2D eigenvalue weighted by Crippen LogP contribution is 2.05. The second-order valence-corrected chi connectivity index (χ2v) is 3.06. The summed E-state index contributed by atoms with van der Waals surface area (Å²) in [6.07, 6.45) is 0.337. The van der Waals surface area contributed by atoms with E-state index < -0.39 is 0 Å². The molecule has 82 valence electrons. The fourth-order valence-corrected chi connectivity index (χ4v) is 1.10. The lowest BCUT2D eigenvalue weighted by molar-refractivity contribution is -0.117. The second kappa shape index (κ2) is 5.98. The molecule has 0 saturated carbocycles. The summed E-state index contributed by atoms with van der Waals surface area (Å²) in [5, 5.41) is 3.07. The molecule has 0 aliphatic carbocycles. The summed E-state index contributed by atoms with van der Waals surface area (Å²) in [7, 11) is 1.58. The van der Waals surface area contributed by atoms with Gasteiger partial charge in [0.25, 0.3) is 0 Å². The van der Waals surface area contributed by atoms with Crippen molar-refractivity contribution >= 4 is 5.91 Å². The van der Waals surface area contributed by atoms with Crippen LogP contribution in [-0.4, -0.2) is 24.5 Å². The van der Waals surface area contributed by atoms with E-state index >= 15 is 0 Å². The molecular formula is C10H15N3O2. The molecule has 1 amide bonds. The molecule has 0 aromatic carbocycles. The monoisotopic (exact) mass is 209 g/mol. The Morgan fingerprint density at radius 2 is 2.40 bits per heavy atom. The number of nitrogens with one attached hydrogen (secondary N) is 1. The smallest absolute Gasteiger partial charge is 0.218 e. The molecular weight excluding hydrogens is 194 g/mol. The van der Waals surface area contributed by atoms with Gasteiger partial charge in [0.2, 0.25) is 11.8 Å². The molecule has 1 aromatic heterocycles. The molecule has 0 aliphatic heterocycles. The van der Waals surface area contributed by atoms with E-state index in [-0.39, 0.29) is 5.91 Å². The summed E-state index contributed by atoms with van der Waals surface area (Å²) < 4.78 is 4.99. The zero-order valence-electron chi connectivity index (χ0n) is 8.69. The molecule has 0 aliphatic rings. The average Bonchev–Trinajstić information content (AvgIpc) is 2.24. The number of ether oxygens (including phenoxy) is 1. The zero-order chi connectivity index (χ0) is 11.1.